The van der Waals surface area contributed by atoms with Gasteiger partial charge in [-0.2, -0.15) is 0 Å². The first-order valence-corrected chi connectivity index (χ1v) is 8.72. The van der Waals surface area contributed by atoms with E-state index in [0.29, 0.717) is 0 Å². The SMILES string of the molecule is CNC(C)(C)C(=O)NCC1(N2CCCCC2)CCCCC1. The fourth-order valence-electron chi connectivity index (χ4n) is 3.76. The van der Waals surface area contributed by atoms with Crippen LogP contribution in [0.4, 0.5) is 0 Å². The van der Waals surface area contributed by atoms with Gasteiger partial charge in [0.1, 0.15) is 0 Å². The molecular formula is C17H33N3O. The molecule has 0 radical (unpaired) electrons. The van der Waals surface area contributed by atoms with Crippen molar-refractivity contribution in [1.82, 2.24) is 15.5 Å². The maximum Gasteiger partial charge on any atom is 0.239 e. The highest BCUT2D eigenvalue weighted by molar-refractivity contribution is 5.85. The number of carbonyl (C=O) groups excluding carboxylic acids is 1. The number of rotatable bonds is 5. The number of carbonyl (C=O) groups is 1. The van der Waals surface area contributed by atoms with Gasteiger partial charge in [-0.3, -0.25) is 9.69 Å². The highest BCUT2D eigenvalue weighted by Gasteiger charge is 2.39. The highest BCUT2D eigenvalue weighted by atomic mass is 16.2. The molecule has 1 aliphatic carbocycles. The highest BCUT2D eigenvalue weighted by Crippen LogP contribution is 2.35. The van der Waals surface area contributed by atoms with Crippen molar-refractivity contribution in [3.8, 4) is 0 Å². The second kappa shape index (κ2) is 7.10. The van der Waals surface area contributed by atoms with Crippen molar-refractivity contribution in [3.05, 3.63) is 0 Å². The Balaban J connectivity index is 2.01. The Morgan fingerprint density at radius 1 is 1.05 bits per heavy atom. The van der Waals surface area contributed by atoms with Crippen LogP contribution in [-0.4, -0.2) is 48.6 Å². The fourth-order valence-corrected chi connectivity index (χ4v) is 3.76. The van der Waals surface area contributed by atoms with Crippen molar-refractivity contribution in [2.24, 2.45) is 0 Å². The van der Waals surface area contributed by atoms with Crippen LogP contribution in [0.3, 0.4) is 0 Å². The van der Waals surface area contributed by atoms with E-state index in [0.717, 1.165) is 6.54 Å². The molecule has 2 rings (SSSR count). The fraction of sp³-hybridized carbons (Fsp3) is 0.941. The number of nitrogens with zero attached hydrogens (tertiary/aromatic N) is 1. The number of hydrogen-bond acceptors (Lipinski definition) is 3. The predicted molar refractivity (Wildman–Crippen MR) is 87.4 cm³/mol. The number of amides is 1. The monoisotopic (exact) mass is 295 g/mol. The van der Waals surface area contributed by atoms with Crippen molar-refractivity contribution < 1.29 is 4.79 Å². The summed E-state index contributed by atoms with van der Waals surface area (Å²) in [5.74, 6) is 0.118. The Hall–Kier alpha value is -0.610. The maximum absolute atomic E-state index is 12.4. The van der Waals surface area contributed by atoms with Gasteiger partial charge in [-0.25, -0.2) is 0 Å². The molecule has 1 saturated heterocycles. The van der Waals surface area contributed by atoms with E-state index in [-0.39, 0.29) is 11.4 Å². The smallest absolute Gasteiger partial charge is 0.239 e. The van der Waals surface area contributed by atoms with Crippen LogP contribution in [0.15, 0.2) is 0 Å². The van der Waals surface area contributed by atoms with Crippen LogP contribution in [-0.2, 0) is 4.79 Å². The van der Waals surface area contributed by atoms with Crippen LogP contribution < -0.4 is 10.6 Å². The third-order valence-corrected chi connectivity index (χ3v) is 5.58. The van der Waals surface area contributed by atoms with Gasteiger partial charge >= 0.3 is 0 Å². The second-order valence-corrected chi connectivity index (χ2v) is 7.39. The second-order valence-electron chi connectivity index (χ2n) is 7.39. The van der Waals surface area contributed by atoms with Gasteiger partial charge in [-0.1, -0.05) is 25.7 Å². The van der Waals surface area contributed by atoms with E-state index in [1.807, 2.05) is 20.9 Å². The summed E-state index contributed by atoms with van der Waals surface area (Å²) in [6.07, 6.45) is 10.5. The first-order valence-electron chi connectivity index (χ1n) is 8.72. The van der Waals surface area contributed by atoms with Crippen molar-refractivity contribution in [3.63, 3.8) is 0 Å². The normalized spacial score (nSPS) is 23.8. The van der Waals surface area contributed by atoms with E-state index in [1.165, 1.54) is 64.5 Å². The molecule has 4 heteroatoms. The third kappa shape index (κ3) is 3.98. The first kappa shape index (κ1) is 16.8. The van der Waals surface area contributed by atoms with Gasteiger partial charge in [-0.15, -0.1) is 0 Å². The molecule has 0 aromatic heterocycles. The van der Waals surface area contributed by atoms with Gasteiger partial charge in [0.05, 0.1) is 5.54 Å². The molecule has 1 saturated carbocycles. The minimum absolute atomic E-state index is 0.118. The van der Waals surface area contributed by atoms with Gasteiger partial charge < -0.3 is 10.6 Å². The summed E-state index contributed by atoms with van der Waals surface area (Å²) in [6, 6.07) is 0. The number of likely N-dealkylation sites (tertiary alicyclic amines) is 1. The van der Waals surface area contributed by atoms with Gasteiger partial charge in [0.2, 0.25) is 5.91 Å². The Labute approximate surface area is 130 Å². The lowest BCUT2D eigenvalue weighted by Crippen LogP contribution is -2.61. The Kier molecular flexibility index (Phi) is 5.67. The molecule has 2 N–H and O–H groups in total. The molecule has 1 heterocycles. The quantitative estimate of drug-likeness (QED) is 0.818. The van der Waals surface area contributed by atoms with Gasteiger partial charge in [0, 0.05) is 12.1 Å². The molecule has 0 aromatic rings. The zero-order chi connectivity index (χ0) is 15.3. The summed E-state index contributed by atoms with van der Waals surface area (Å²) in [4.78, 5) is 15.1. The number of nitrogens with one attached hydrogen (secondary N) is 2. The molecule has 122 valence electrons. The van der Waals surface area contributed by atoms with Crippen LogP contribution in [0.5, 0.6) is 0 Å². The van der Waals surface area contributed by atoms with Crippen molar-refractivity contribution >= 4 is 5.91 Å². The molecule has 0 aromatic carbocycles. The largest absolute Gasteiger partial charge is 0.353 e. The van der Waals surface area contributed by atoms with Crippen LogP contribution in [0.2, 0.25) is 0 Å². The zero-order valence-electron chi connectivity index (χ0n) is 14.1. The summed E-state index contributed by atoms with van der Waals surface area (Å²) in [6.45, 7) is 7.13. The molecule has 0 unspecified atom stereocenters. The minimum atomic E-state index is -0.488. The lowest BCUT2D eigenvalue weighted by Gasteiger charge is -2.48. The molecule has 4 nitrogen and oxygen atoms in total. The first-order chi connectivity index (χ1) is 10.0. The summed E-state index contributed by atoms with van der Waals surface area (Å²) < 4.78 is 0. The average Bonchev–Trinajstić information content (AvgIpc) is 2.54. The lowest BCUT2D eigenvalue weighted by molar-refractivity contribution is -0.127. The van der Waals surface area contributed by atoms with E-state index in [1.54, 1.807) is 0 Å². The Morgan fingerprint density at radius 3 is 2.19 bits per heavy atom. The maximum atomic E-state index is 12.4. The van der Waals surface area contributed by atoms with Crippen LogP contribution in [0.1, 0.15) is 65.2 Å². The summed E-state index contributed by atoms with van der Waals surface area (Å²) in [7, 11) is 1.85. The molecule has 2 fully saturated rings. The van der Waals surface area contributed by atoms with E-state index in [4.69, 9.17) is 0 Å². The summed E-state index contributed by atoms with van der Waals surface area (Å²) in [5, 5.41) is 6.33. The molecule has 0 atom stereocenters. The molecule has 0 bridgehead atoms. The van der Waals surface area contributed by atoms with Crippen LogP contribution in [0, 0.1) is 0 Å². The van der Waals surface area contributed by atoms with Crippen molar-refractivity contribution in [2.45, 2.75) is 76.3 Å². The topological polar surface area (TPSA) is 44.4 Å². The van der Waals surface area contributed by atoms with E-state index >= 15 is 0 Å². The molecule has 1 amide bonds. The molecule has 0 spiro atoms. The summed E-state index contributed by atoms with van der Waals surface area (Å²) >= 11 is 0. The zero-order valence-corrected chi connectivity index (χ0v) is 14.1. The van der Waals surface area contributed by atoms with E-state index in [9.17, 15) is 4.79 Å². The van der Waals surface area contributed by atoms with E-state index < -0.39 is 5.54 Å². The Bertz CT molecular complexity index is 342. The minimum Gasteiger partial charge on any atom is -0.353 e. The number of likely N-dealkylation sites (N-methyl/N-ethyl adjacent to an activating group) is 1. The average molecular weight is 295 g/mol. The van der Waals surface area contributed by atoms with Gasteiger partial charge in [0.25, 0.3) is 0 Å². The standard InChI is InChI=1S/C17H33N3O/c1-16(2,18-3)15(21)19-14-17(10-6-4-7-11-17)20-12-8-5-9-13-20/h18H,4-14H2,1-3H3,(H,19,21). The number of piperidine rings is 1. The lowest BCUT2D eigenvalue weighted by atomic mass is 9.79. The number of hydrogen-bond donors (Lipinski definition) is 2. The van der Waals surface area contributed by atoms with Crippen molar-refractivity contribution in [1.29, 1.82) is 0 Å². The Morgan fingerprint density at radius 2 is 1.62 bits per heavy atom. The van der Waals surface area contributed by atoms with E-state index in [2.05, 4.69) is 15.5 Å². The van der Waals surface area contributed by atoms with Crippen molar-refractivity contribution in [2.75, 3.05) is 26.7 Å². The molecule has 2 aliphatic rings. The van der Waals surface area contributed by atoms with Crippen LogP contribution in [0.25, 0.3) is 0 Å². The van der Waals surface area contributed by atoms with Crippen LogP contribution >= 0.6 is 0 Å². The molecular weight excluding hydrogens is 262 g/mol. The molecule has 1 aliphatic heterocycles. The third-order valence-electron chi connectivity index (χ3n) is 5.58. The summed E-state index contributed by atoms with van der Waals surface area (Å²) in [5.41, 5.74) is -0.268. The predicted octanol–water partition coefficient (Wildman–Crippen LogP) is 2.29. The van der Waals surface area contributed by atoms with Gasteiger partial charge in [-0.05, 0) is 59.7 Å². The van der Waals surface area contributed by atoms with Gasteiger partial charge in [0.15, 0.2) is 0 Å². The molecule has 21 heavy (non-hydrogen) atoms.